The Morgan fingerprint density at radius 1 is 1.07 bits per heavy atom. The molecule has 7 nitrogen and oxygen atoms in total. The zero-order valence-corrected chi connectivity index (χ0v) is 24.6. The first-order valence-electron chi connectivity index (χ1n) is 15.3. The minimum atomic E-state index is -3.20. The molecule has 7 rings (SSSR count). The normalized spacial score (nSPS) is 18.1. The lowest BCUT2D eigenvalue weighted by molar-refractivity contribution is -0.117. The van der Waals surface area contributed by atoms with Gasteiger partial charge in [-0.25, -0.2) is 13.8 Å². The maximum Gasteiger partial charge on any atom is 0.301 e. The first kappa shape index (κ1) is 28.9. The van der Waals surface area contributed by atoms with Crippen LogP contribution in [0.2, 0.25) is 0 Å². The largest absolute Gasteiger partial charge is 0.483 e. The van der Waals surface area contributed by atoms with Gasteiger partial charge in [0.2, 0.25) is 5.91 Å². The molecule has 3 aliphatic rings. The number of fused-ring (bicyclic) bond motifs is 3. The molecule has 1 unspecified atom stereocenters. The summed E-state index contributed by atoms with van der Waals surface area (Å²) in [5.41, 5.74) is 7.55. The lowest BCUT2D eigenvalue weighted by Crippen LogP contribution is -2.54. The van der Waals surface area contributed by atoms with Crippen LogP contribution in [0.3, 0.4) is 0 Å². The number of hydrogen-bond acceptors (Lipinski definition) is 6. The smallest absolute Gasteiger partial charge is 0.301 e. The van der Waals surface area contributed by atoms with Crippen LogP contribution >= 0.6 is 0 Å². The highest BCUT2D eigenvalue weighted by molar-refractivity contribution is 5.93. The monoisotopic (exact) mass is 606 g/mol. The Balaban J connectivity index is 1.10. The highest BCUT2D eigenvalue weighted by Crippen LogP contribution is 2.45. The molecular formula is C36H32F2N4O3. The van der Waals surface area contributed by atoms with Crippen molar-refractivity contribution in [3.63, 3.8) is 0 Å². The van der Waals surface area contributed by atoms with E-state index < -0.39 is 18.6 Å². The van der Waals surface area contributed by atoms with Gasteiger partial charge in [0.25, 0.3) is 0 Å². The van der Waals surface area contributed by atoms with Crippen molar-refractivity contribution in [3.05, 3.63) is 95.2 Å². The molecular weight excluding hydrogens is 574 g/mol. The summed E-state index contributed by atoms with van der Waals surface area (Å²) in [7, 11) is 0. The van der Waals surface area contributed by atoms with Gasteiger partial charge in [0.1, 0.15) is 17.6 Å². The zero-order valence-electron chi connectivity index (χ0n) is 24.6. The van der Waals surface area contributed by atoms with Gasteiger partial charge >= 0.3 is 5.92 Å². The number of piperidine rings is 1. The quantitative estimate of drug-likeness (QED) is 0.213. The number of aliphatic hydroxyl groups excluding tert-OH is 1. The van der Waals surface area contributed by atoms with E-state index in [1.165, 1.54) is 5.56 Å². The number of amides is 1. The minimum absolute atomic E-state index is 0.0373. The average molecular weight is 607 g/mol. The number of pyridine rings is 1. The number of alkyl halides is 2. The van der Waals surface area contributed by atoms with E-state index in [0.29, 0.717) is 30.8 Å². The molecule has 1 amide bonds. The lowest BCUT2D eigenvalue weighted by atomic mass is 9.95. The van der Waals surface area contributed by atoms with Gasteiger partial charge in [0, 0.05) is 43.8 Å². The molecule has 228 valence electrons. The van der Waals surface area contributed by atoms with E-state index in [1.807, 2.05) is 24.3 Å². The van der Waals surface area contributed by atoms with Crippen LogP contribution in [0, 0.1) is 17.2 Å². The molecule has 45 heavy (non-hydrogen) atoms. The van der Waals surface area contributed by atoms with E-state index in [1.54, 1.807) is 41.4 Å². The predicted octanol–water partition coefficient (Wildman–Crippen LogP) is 6.37. The van der Waals surface area contributed by atoms with E-state index >= 15 is 8.78 Å². The minimum Gasteiger partial charge on any atom is -0.483 e. The average Bonchev–Trinajstić information content (AvgIpc) is 3.83. The van der Waals surface area contributed by atoms with Crippen LogP contribution in [0.15, 0.2) is 72.9 Å². The van der Waals surface area contributed by atoms with Gasteiger partial charge in [-0.1, -0.05) is 42.5 Å². The van der Waals surface area contributed by atoms with Crippen LogP contribution in [0.1, 0.15) is 41.5 Å². The van der Waals surface area contributed by atoms with Crippen LogP contribution < -0.4 is 15.0 Å². The van der Waals surface area contributed by atoms with Crippen molar-refractivity contribution in [2.45, 2.75) is 44.1 Å². The number of benzene rings is 3. The molecule has 2 N–H and O–H groups in total. The third kappa shape index (κ3) is 5.62. The third-order valence-corrected chi connectivity index (χ3v) is 8.93. The van der Waals surface area contributed by atoms with E-state index in [2.05, 4.69) is 28.5 Å². The Hall–Kier alpha value is -4.81. The number of halogens is 2. The summed E-state index contributed by atoms with van der Waals surface area (Å²) in [6, 6.07) is 22.5. The Bertz CT molecular complexity index is 1830. The fourth-order valence-corrected chi connectivity index (χ4v) is 6.52. The Morgan fingerprint density at radius 2 is 1.89 bits per heavy atom. The number of aromatic nitrogens is 1. The van der Waals surface area contributed by atoms with Crippen LogP contribution in [0.25, 0.3) is 22.3 Å². The Morgan fingerprint density at radius 3 is 2.67 bits per heavy atom. The first-order valence-corrected chi connectivity index (χ1v) is 15.3. The van der Waals surface area contributed by atoms with Gasteiger partial charge in [-0.2, -0.15) is 5.26 Å². The molecule has 1 aromatic heterocycles. The molecule has 2 aliphatic carbocycles. The Labute approximate surface area is 260 Å². The van der Waals surface area contributed by atoms with Crippen molar-refractivity contribution < 1.29 is 23.4 Å². The van der Waals surface area contributed by atoms with Crippen molar-refractivity contribution in [2.75, 3.05) is 29.9 Å². The molecule has 2 fully saturated rings. The number of carbonyl (C=O) groups is 1. The lowest BCUT2D eigenvalue weighted by Gasteiger charge is -2.41. The SMILES string of the molecule is N#Cc1cc(-c2ccnc(NC(=O)C3CC3)c2)ccc1OC1CCN(c2c(CCO)ccc3c2Cc2ccccc2-3)CC1(F)F. The number of anilines is 2. The van der Waals surface area contributed by atoms with Crippen LogP contribution in [-0.2, 0) is 17.6 Å². The molecule has 0 spiro atoms. The van der Waals surface area contributed by atoms with Gasteiger partial charge in [0.15, 0.2) is 6.10 Å². The summed E-state index contributed by atoms with van der Waals surface area (Å²) < 4.78 is 37.6. The number of aliphatic hydroxyl groups is 1. The second-order valence-corrected chi connectivity index (χ2v) is 12.0. The molecule has 1 atom stereocenters. The van der Waals surface area contributed by atoms with Crippen LogP contribution in [0.5, 0.6) is 5.75 Å². The van der Waals surface area contributed by atoms with E-state index in [-0.39, 0.29) is 36.2 Å². The van der Waals surface area contributed by atoms with Crippen molar-refractivity contribution in [1.82, 2.24) is 4.98 Å². The first-order chi connectivity index (χ1) is 21.8. The van der Waals surface area contributed by atoms with E-state index in [4.69, 9.17) is 4.74 Å². The van der Waals surface area contributed by atoms with Crippen molar-refractivity contribution >= 4 is 17.4 Å². The summed E-state index contributed by atoms with van der Waals surface area (Å²) in [6.07, 6.45) is 3.02. The number of nitrogens with one attached hydrogen (secondary N) is 1. The van der Waals surface area contributed by atoms with Crippen molar-refractivity contribution in [3.8, 4) is 34.1 Å². The number of nitrogens with zero attached hydrogens (tertiary/aromatic N) is 3. The predicted molar refractivity (Wildman–Crippen MR) is 167 cm³/mol. The molecule has 9 heteroatoms. The van der Waals surface area contributed by atoms with Gasteiger partial charge in [-0.15, -0.1) is 0 Å². The summed E-state index contributed by atoms with van der Waals surface area (Å²) in [4.78, 5) is 18.1. The third-order valence-electron chi connectivity index (χ3n) is 8.93. The molecule has 0 radical (unpaired) electrons. The number of rotatable bonds is 8. The number of ether oxygens (including phenoxy) is 1. The fourth-order valence-electron chi connectivity index (χ4n) is 6.52. The fraction of sp³-hybridized carbons (Fsp3) is 0.306. The van der Waals surface area contributed by atoms with Gasteiger partial charge in [-0.3, -0.25) is 4.79 Å². The second-order valence-electron chi connectivity index (χ2n) is 12.0. The summed E-state index contributed by atoms with van der Waals surface area (Å²) in [5, 5.41) is 22.5. The molecule has 4 aromatic rings. The number of carbonyl (C=O) groups excluding carboxylic acids is 1. The zero-order chi connectivity index (χ0) is 31.1. The van der Waals surface area contributed by atoms with Crippen molar-refractivity contribution in [1.29, 1.82) is 5.26 Å². The number of hydrogen-bond donors (Lipinski definition) is 2. The maximum atomic E-state index is 15.9. The second kappa shape index (κ2) is 11.6. The summed E-state index contributed by atoms with van der Waals surface area (Å²) >= 11 is 0. The van der Waals surface area contributed by atoms with Gasteiger partial charge in [0.05, 0.1) is 12.1 Å². The van der Waals surface area contributed by atoms with E-state index in [0.717, 1.165) is 46.3 Å². The molecule has 3 aromatic carbocycles. The standard InChI is InChI=1S/C36H32F2N4O3/c37-36(38)21-42(34-22(13-16-43)7-9-29-28-4-2-1-3-26(28)18-30(29)34)15-12-32(36)45-31-10-8-24(17-27(31)20-39)25-11-14-40-33(19-25)41-35(44)23-5-6-23/h1-4,7-11,14,17,19,23,32,43H,5-6,12-13,15-16,18,21H2,(H,40,41,44). The van der Waals surface area contributed by atoms with Crippen LogP contribution in [0.4, 0.5) is 20.3 Å². The van der Waals surface area contributed by atoms with Crippen LogP contribution in [-0.4, -0.2) is 47.7 Å². The number of nitriles is 1. The van der Waals surface area contributed by atoms with Gasteiger partial charge in [-0.05, 0) is 82.5 Å². The molecule has 1 saturated carbocycles. The Kier molecular flexibility index (Phi) is 7.46. The highest BCUT2D eigenvalue weighted by Gasteiger charge is 2.47. The maximum absolute atomic E-state index is 15.9. The summed E-state index contributed by atoms with van der Waals surface area (Å²) in [5.74, 6) is -2.69. The molecule has 2 heterocycles. The topological polar surface area (TPSA) is 98.5 Å². The highest BCUT2D eigenvalue weighted by atomic mass is 19.3. The molecule has 0 bridgehead atoms. The molecule has 1 saturated heterocycles. The van der Waals surface area contributed by atoms with Crippen molar-refractivity contribution in [2.24, 2.45) is 5.92 Å². The van der Waals surface area contributed by atoms with E-state index in [9.17, 15) is 15.2 Å². The summed E-state index contributed by atoms with van der Waals surface area (Å²) in [6.45, 7) is -0.259. The molecule has 1 aliphatic heterocycles. The van der Waals surface area contributed by atoms with Gasteiger partial charge < -0.3 is 20.1 Å².